The summed E-state index contributed by atoms with van der Waals surface area (Å²) in [4.78, 5) is 25.3. The van der Waals surface area contributed by atoms with E-state index in [9.17, 15) is 18.0 Å². The molecule has 1 saturated carbocycles. The minimum absolute atomic E-state index is 0.0199. The quantitative estimate of drug-likeness (QED) is 0.757. The Morgan fingerprint density at radius 2 is 1.65 bits per heavy atom. The van der Waals surface area contributed by atoms with Crippen LogP contribution in [0.4, 0.5) is 0 Å². The van der Waals surface area contributed by atoms with Gasteiger partial charge < -0.3 is 0 Å². The van der Waals surface area contributed by atoms with Crippen LogP contribution in [0.5, 0.6) is 0 Å². The fraction of sp³-hybridized carbons (Fsp3) is 0.263. The van der Waals surface area contributed by atoms with E-state index >= 15 is 0 Å². The maximum atomic E-state index is 13.2. The molecular formula is C19H18N2O4S. The van der Waals surface area contributed by atoms with E-state index in [4.69, 9.17) is 0 Å². The van der Waals surface area contributed by atoms with Crippen molar-refractivity contribution >= 4 is 21.8 Å². The molecule has 4 rings (SSSR count). The summed E-state index contributed by atoms with van der Waals surface area (Å²) in [5.41, 5.74) is 1.31. The molecule has 134 valence electrons. The van der Waals surface area contributed by atoms with Crippen LogP contribution in [-0.4, -0.2) is 42.5 Å². The average Bonchev–Trinajstić information content (AvgIpc) is 3.46. The third-order valence-corrected chi connectivity index (χ3v) is 6.70. The number of hydrogen-bond acceptors (Lipinski definition) is 4. The van der Waals surface area contributed by atoms with Crippen molar-refractivity contribution < 1.29 is 18.0 Å². The third-order valence-electron chi connectivity index (χ3n) is 4.80. The molecule has 2 amide bonds. The number of hydrogen-bond donors (Lipinski definition) is 0. The van der Waals surface area contributed by atoms with Crippen LogP contribution in [0.15, 0.2) is 53.4 Å². The van der Waals surface area contributed by atoms with Crippen LogP contribution in [0.1, 0.15) is 39.1 Å². The Kier molecular flexibility index (Phi) is 3.93. The zero-order valence-electron chi connectivity index (χ0n) is 14.3. The van der Waals surface area contributed by atoms with Crippen LogP contribution < -0.4 is 0 Å². The summed E-state index contributed by atoms with van der Waals surface area (Å²) in [6.07, 6.45) is 1.66. The topological polar surface area (TPSA) is 74.8 Å². The number of fused-ring (bicyclic) bond motifs is 1. The first-order valence-electron chi connectivity index (χ1n) is 8.42. The molecule has 1 heterocycles. The van der Waals surface area contributed by atoms with E-state index in [0.717, 1.165) is 23.3 Å². The Labute approximate surface area is 152 Å². The second-order valence-corrected chi connectivity index (χ2v) is 8.53. The summed E-state index contributed by atoms with van der Waals surface area (Å²) in [7, 11) is -2.37. The first-order valence-corrected chi connectivity index (χ1v) is 9.86. The van der Waals surface area contributed by atoms with Gasteiger partial charge in [-0.15, -0.1) is 0 Å². The van der Waals surface area contributed by atoms with Crippen LogP contribution in [0.2, 0.25) is 0 Å². The monoisotopic (exact) mass is 370 g/mol. The molecule has 0 unspecified atom stereocenters. The van der Waals surface area contributed by atoms with Gasteiger partial charge in [-0.2, -0.15) is 4.31 Å². The van der Waals surface area contributed by atoms with Crippen molar-refractivity contribution in [2.45, 2.75) is 30.3 Å². The van der Waals surface area contributed by atoms with Gasteiger partial charge >= 0.3 is 0 Å². The first kappa shape index (κ1) is 16.9. The van der Waals surface area contributed by atoms with Crippen LogP contribution >= 0.6 is 0 Å². The fourth-order valence-electron chi connectivity index (χ4n) is 3.17. The predicted octanol–water partition coefficient (Wildman–Crippen LogP) is 2.27. The van der Waals surface area contributed by atoms with E-state index < -0.39 is 21.8 Å². The molecule has 1 aliphatic carbocycles. The van der Waals surface area contributed by atoms with Crippen molar-refractivity contribution in [3.8, 4) is 0 Å². The second kappa shape index (κ2) is 6.03. The Morgan fingerprint density at radius 3 is 2.31 bits per heavy atom. The highest BCUT2D eigenvalue weighted by Crippen LogP contribution is 2.34. The molecule has 7 heteroatoms. The minimum Gasteiger partial charge on any atom is -0.277 e. The molecule has 0 atom stereocenters. The molecule has 2 aromatic carbocycles. The maximum Gasteiger partial charge on any atom is 0.261 e. The molecule has 2 aliphatic rings. The van der Waals surface area contributed by atoms with E-state index in [2.05, 4.69) is 0 Å². The summed E-state index contributed by atoms with van der Waals surface area (Å²) in [5.74, 6) is -0.875. The van der Waals surface area contributed by atoms with Gasteiger partial charge in [0.15, 0.2) is 0 Å². The van der Waals surface area contributed by atoms with E-state index in [1.807, 2.05) is 30.3 Å². The molecule has 0 bridgehead atoms. The normalized spacial score (nSPS) is 17.1. The van der Waals surface area contributed by atoms with Crippen molar-refractivity contribution in [1.29, 1.82) is 0 Å². The van der Waals surface area contributed by atoms with Crippen molar-refractivity contribution in [1.82, 2.24) is 9.21 Å². The Hall–Kier alpha value is -2.51. The number of imide groups is 1. The lowest BCUT2D eigenvalue weighted by Crippen LogP contribution is -2.32. The molecule has 0 radical (unpaired) electrons. The first-order chi connectivity index (χ1) is 12.4. The van der Waals surface area contributed by atoms with Crippen molar-refractivity contribution in [2.24, 2.45) is 0 Å². The summed E-state index contributed by atoms with van der Waals surface area (Å²) in [5, 5.41) is 0. The van der Waals surface area contributed by atoms with Gasteiger partial charge in [-0.05, 0) is 36.6 Å². The van der Waals surface area contributed by atoms with Crippen molar-refractivity contribution in [2.75, 3.05) is 7.05 Å². The average molecular weight is 370 g/mol. The third kappa shape index (κ3) is 2.73. The molecule has 6 nitrogen and oxygen atoms in total. The zero-order valence-corrected chi connectivity index (χ0v) is 15.1. The zero-order chi connectivity index (χ0) is 18.5. The Morgan fingerprint density at radius 1 is 1.00 bits per heavy atom. The summed E-state index contributed by atoms with van der Waals surface area (Å²) in [6.45, 7) is 0.289. The summed E-state index contributed by atoms with van der Waals surface area (Å²) < 4.78 is 27.9. The molecule has 26 heavy (non-hydrogen) atoms. The molecule has 2 aromatic rings. The lowest BCUT2D eigenvalue weighted by molar-refractivity contribution is 0.0693. The molecule has 0 N–H and O–H groups in total. The van der Waals surface area contributed by atoms with Crippen molar-refractivity contribution in [3.05, 3.63) is 65.2 Å². The smallest absolute Gasteiger partial charge is 0.261 e. The number of amides is 2. The van der Waals surface area contributed by atoms with Gasteiger partial charge in [-0.3, -0.25) is 14.5 Å². The number of nitrogens with zero attached hydrogens (tertiary/aromatic N) is 2. The van der Waals surface area contributed by atoms with Gasteiger partial charge in [0.05, 0.1) is 16.0 Å². The molecule has 0 saturated heterocycles. The summed E-state index contributed by atoms with van der Waals surface area (Å²) in [6, 6.07) is 13.6. The molecule has 0 aromatic heterocycles. The molecule has 1 fully saturated rings. The van der Waals surface area contributed by atoms with Crippen LogP contribution in [-0.2, 0) is 16.6 Å². The SMILES string of the molecule is CN1C(=O)c2ccc(S(=O)(=O)N(Cc3ccccc3)C3CC3)cc2C1=O. The van der Waals surface area contributed by atoms with Gasteiger partial charge in [0.25, 0.3) is 11.8 Å². The highest BCUT2D eigenvalue weighted by molar-refractivity contribution is 7.89. The molecular weight excluding hydrogens is 352 g/mol. The predicted molar refractivity (Wildman–Crippen MR) is 95.1 cm³/mol. The van der Waals surface area contributed by atoms with Crippen LogP contribution in [0.25, 0.3) is 0 Å². The molecule has 1 aliphatic heterocycles. The minimum atomic E-state index is -3.76. The lowest BCUT2D eigenvalue weighted by atomic mass is 10.1. The van der Waals surface area contributed by atoms with Crippen molar-refractivity contribution in [3.63, 3.8) is 0 Å². The van der Waals surface area contributed by atoms with Crippen LogP contribution in [0, 0.1) is 0 Å². The van der Waals surface area contributed by atoms with Gasteiger partial charge in [-0.1, -0.05) is 30.3 Å². The van der Waals surface area contributed by atoms with E-state index in [-0.39, 0.29) is 28.6 Å². The second-order valence-electron chi connectivity index (χ2n) is 6.64. The van der Waals surface area contributed by atoms with Gasteiger partial charge in [0, 0.05) is 19.6 Å². The van der Waals surface area contributed by atoms with Crippen LogP contribution in [0.3, 0.4) is 0 Å². The lowest BCUT2D eigenvalue weighted by Gasteiger charge is -2.22. The molecule has 0 spiro atoms. The van der Waals surface area contributed by atoms with E-state index in [0.29, 0.717) is 0 Å². The summed E-state index contributed by atoms with van der Waals surface area (Å²) >= 11 is 0. The number of benzene rings is 2. The Balaban J connectivity index is 1.72. The number of rotatable bonds is 5. The van der Waals surface area contributed by atoms with E-state index in [1.165, 1.54) is 29.6 Å². The van der Waals surface area contributed by atoms with Gasteiger partial charge in [0.2, 0.25) is 10.0 Å². The maximum absolute atomic E-state index is 13.2. The van der Waals surface area contributed by atoms with E-state index in [1.54, 1.807) is 0 Å². The number of carbonyl (C=O) groups excluding carboxylic acids is 2. The highest BCUT2D eigenvalue weighted by atomic mass is 32.2. The largest absolute Gasteiger partial charge is 0.277 e. The number of sulfonamides is 1. The van der Waals surface area contributed by atoms with Gasteiger partial charge in [-0.25, -0.2) is 8.42 Å². The standard InChI is InChI=1S/C19H18N2O4S/c1-20-18(22)16-10-9-15(11-17(16)19(20)23)26(24,25)21(14-7-8-14)12-13-5-3-2-4-6-13/h2-6,9-11,14H,7-8,12H2,1H3. The number of carbonyl (C=O) groups is 2. The van der Waals surface area contributed by atoms with Gasteiger partial charge in [0.1, 0.15) is 0 Å². The fourth-order valence-corrected chi connectivity index (χ4v) is 4.87. The Bertz CT molecular complexity index is 997. The highest BCUT2D eigenvalue weighted by Gasteiger charge is 2.40.